The molecule has 0 saturated heterocycles. The minimum Gasteiger partial charge on any atom is -0.497 e. The third-order valence-electron chi connectivity index (χ3n) is 6.52. The molecule has 2 N–H and O–H groups in total. The molecule has 0 aliphatic rings. The van der Waals surface area contributed by atoms with Crippen molar-refractivity contribution in [3.8, 4) is 11.5 Å². The van der Waals surface area contributed by atoms with Gasteiger partial charge in [-0.05, 0) is 113 Å². The first kappa shape index (κ1) is 30.8. The zero-order valence-corrected chi connectivity index (χ0v) is 27.1. The summed E-state index contributed by atoms with van der Waals surface area (Å²) in [6, 6.07) is 15.5. The SMILES string of the molecule is CCCCc1oc2ccc(NC(=O)c3ccc(OC)cc3)cc2c1C(=O)c1cc(I)c(OC(CC)C(=O)O)c(I)c1. The Morgan fingerprint density at radius 1 is 0.976 bits per heavy atom. The van der Waals surface area contributed by atoms with Crippen molar-refractivity contribution in [2.24, 2.45) is 0 Å². The monoisotopic (exact) mass is 781 g/mol. The van der Waals surface area contributed by atoms with Crippen molar-refractivity contribution >= 4 is 79.5 Å². The normalized spacial score (nSPS) is 11.7. The van der Waals surface area contributed by atoms with Gasteiger partial charge in [-0.3, -0.25) is 9.59 Å². The van der Waals surface area contributed by atoms with Gasteiger partial charge in [0, 0.05) is 28.6 Å². The fourth-order valence-corrected chi connectivity index (χ4v) is 6.35. The van der Waals surface area contributed by atoms with E-state index in [0.29, 0.717) is 70.6 Å². The van der Waals surface area contributed by atoms with Gasteiger partial charge in [-0.25, -0.2) is 4.79 Å². The topological polar surface area (TPSA) is 115 Å². The number of carbonyl (C=O) groups excluding carboxylic acids is 2. The van der Waals surface area contributed by atoms with E-state index in [-0.39, 0.29) is 11.7 Å². The molecule has 1 unspecified atom stereocenters. The Kier molecular flexibility index (Phi) is 10.3. The molecule has 214 valence electrons. The fourth-order valence-electron chi connectivity index (χ4n) is 4.33. The number of hydrogen-bond donors (Lipinski definition) is 2. The van der Waals surface area contributed by atoms with Crippen LogP contribution in [0.15, 0.2) is 59.0 Å². The molecule has 10 heteroatoms. The van der Waals surface area contributed by atoms with Crippen LogP contribution in [0.25, 0.3) is 11.0 Å². The van der Waals surface area contributed by atoms with E-state index >= 15 is 0 Å². The molecule has 41 heavy (non-hydrogen) atoms. The quantitative estimate of drug-likeness (QED) is 0.112. The molecule has 1 atom stereocenters. The standard InChI is InChI=1S/C31H29I2NO7/c1-4-6-7-26-27(28(35)18-14-22(32)29(23(33)15-18)41-24(5-2)31(37)38)21-16-19(10-13-25(21)40-26)34-30(36)17-8-11-20(39-3)12-9-17/h8-16,24H,4-7H2,1-3H3,(H,34,36)(H,37,38). The summed E-state index contributed by atoms with van der Waals surface area (Å²) in [6.07, 6.45) is 1.69. The molecule has 0 spiro atoms. The Morgan fingerprint density at radius 3 is 2.24 bits per heavy atom. The number of nitrogens with one attached hydrogen (secondary N) is 1. The Balaban J connectivity index is 1.71. The number of methoxy groups -OCH3 is 1. The van der Waals surface area contributed by atoms with Crippen molar-refractivity contribution in [2.75, 3.05) is 12.4 Å². The number of fused-ring (bicyclic) bond motifs is 1. The fraction of sp³-hybridized carbons (Fsp3) is 0.258. The number of ether oxygens (including phenoxy) is 2. The molecule has 0 saturated carbocycles. The summed E-state index contributed by atoms with van der Waals surface area (Å²) in [6.45, 7) is 3.81. The van der Waals surface area contributed by atoms with Gasteiger partial charge in [-0.1, -0.05) is 20.3 Å². The molecule has 0 radical (unpaired) electrons. The number of carbonyl (C=O) groups is 3. The molecule has 0 aliphatic carbocycles. The van der Waals surface area contributed by atoms with Crippen LogP contribution in [0.4, 0.5) is 5.69 Å². The Bertz CT molecular complexity index is 1570. The van der Waals surface area contributed by atoms with Crippen LogP contribution in [-0.2, 0) is 11.2 Å². The van der Waals surface area contributed by atoms with Crippen molar-refractivity contribution in [3.05, 3.63) is 84.2 Å². The van der Waals surface area contributed by atoms with E-state index in [9.17, 15) is 19.5 Å². The lowest BCUT2D eigenvalue weighted by molar-refractivity contribution is -0.145. The molecule has 1 heterocycles. The lowest BCUT2D eigenvalue weighted by atomic mass is 9.98. The van der Waals surface area contributed by atoms with Crippen LogP contribution in [0.3, 0.4) is 0 Å². The molecule has 0 bridgehead atoms. The van der Waals surface area contributed by atoms with Gasteiger partial charge >= 0.3 is 5.97 Å². The third kappa shape index (κ3) is 7.03. The number of carboxylic acids is 1. The van der Waals surface area contributed by atoms with Gasteiger partial charge in [0.15, 0.2) is 11.9 Å². The van der Waals surface area contributed by atoms with E-state index in [1.165, 1.54) is 0 Å². The summed E-state index contributed by atoms with van der Waals surface area (Å²) >= 11 is 4.12. The van der Waals surface area contributed by atoms with Crippen LogP contribution in [0.5, 0.6) is 11.5 Å². The third-order valence-corrected chi connectivity index (χ3v) is 8.12. The first-order valence-electron chi connectivity index (χ1n) is 13.1. The summed E-state index contributed by atoms with van der Waals surface area (Å²) in [7, 11) is 1.56. The minimum absolute atomic E-state index is 0.221. The first-order chi connectivity index (χ1) is 19.7. The van der Waals surface area contributed by atoms with Crippen LogP contribution in [0.2, 0.25) is 0 Å². The highest BCUT2D eigenvalue weighted by Gasteiger charge is 2.26. The van der Waals surface area contributed by atoms with E-state index in [2.05, 4.69) is 57.4 Å². The lowest BCUT2D eigenvalue weighted by Crippen LogP contribution is -2.26. The van der Waals surface area contributed by atoms with Crippen LogP contribution in [-0.4, -0.2) is 36.0 Å². The average Bonchev–Trinajstić information content (AvgIpc) is 3.32. The number of unbranched alkanes of at least 4 members (excludes halogenated alkanes) is 1. The predicted octanol–water partition coefficient (Wildman–Crippen LogP) is 7.72. The van der Waals surface area contributed by atoms with Crippen molar-refractivity contribution in [2.45, 2.75) is 45.6 Å². The van der Waals surface area contributed by atoms with Gasteiger partial charge in [0.2, 0.25) is 0 Å². The zero-order chi connectivity index (χ0) is 29.7. The number of carboxylic acid groups (broad SMARTS) is 1. The Morgan fingerprint density at radius 2 is 1.66 bits per heavy atom. The van der Waals surface area contributed by atoms with E-state index in [1.54, 1.807) is 68.6 Å². The smallest absolute Gasteiger partial charge is 0.344 e. The highest BCUT2D eigenvalue weighted by atomic mass is 127. The highest BCUT2D eigenvalue weighted by molar-refractivity contribution is 14.1. The van der Waals surface area contributed by atoms with Crippen LogP contribution in [0, 0.1) is 7.14 Å². The number of halogens is 2. The molecule has 4 rings (SSSR count). The average molecular weight is 781 g/mol. The largest absolute Gasteiger partial charge is 0.497 e. The summed E-state index contributed by atoms with van der Waals surface area (Å²) in [5.41, 5.74) is 2.44. The van der Waals surface area contributed by atoms with Gasteiger partial charge in [-0.15, -0.1) is 0 Å². The number of hydrogen-bond acceptors (Lipinski definition) is 6. The number of benzene rings is 3. The number of rotatable bonds is 12. The summed E-state index contributed by atoms with van der Waals surface area (Å²) in [4.78, 5) is 38.4. The number of anilines is 1. The molecule has 0 fully saturated rings. The second kappa shape index (κ2) is 13.7. The molecule has 3 aromatic carbocycles. The molecule has 1 amide bonds. The minimum atomic E-state index is -1.04. The maximum Gasteiger partial charge on any atom is 0.344 e. The number of furan rings is 1. The van der Waals surface area contributed by atoms with Gasteiger partial charge in [0.1, 0.15) is 22.8 Å². The molecular weight excluding hydrogens is 752 g/mol. The van der Waals surface area contributed by atoms with E-state index in [0.717, 1.165) is 12.8 Å². The van der Waals surface area contributed by atoms with Gasteiger partial charge in [0.05, 0.1) is 19.8 Å². The van der Waals surface area contributed by atoms with Gasteiger partial charge < -0.3 is 24.3 Å². The van der Waals surface area contributed by atoms with E-state index in [4.69, 9.17) is 13.9 Å². The summed E-state index contributed by atoms with van der Waals surface area (Å²) in [5, 5.41) is 12.9. The van der Waals surface area contributed by atoms with E-state index < -0.39 is 12.1 Å². The number of aryl methyl sites for hydroxylation is 1. The summed E-state index contributed by atoms with van der Waals surface area (Å²) < 4.78 is 18.3. The van der Waals surface area contributed by atoms with E-state index in [1.807, 2.05) is 0 Å². The maximum absolute atomic E-state index is 14.0. The summed E-state index contributed by atoms with van der Waals surface area (Å²) in [5.74, 6) is 0.124. The van der Waals surface area contributed by atoms with Crippen molar-refractivity contribution in [1.82, 2.24) is 0 Å². The second-order valence-corrected chi connectivity index (χ2v) is 11.7. The molecule has 0 aliphatic heterocycles. The van der Waals surface area contributed by atoms with Crippen LogP contribution < -0.4 is 14.8 Å². The van der Waals surface area contributed by atoms with Crippen molar-refractivity contribution < 1.29 is 33.4 Å². The molecule has 4 aromatic rings. The molecule has 8 nitrogen and oxygen atoms in total. The van der Waals surface area contributed by atoms with Crippen molar-refractivity contribution in [1.29, 1.82) is 0 Å². The van der Waals surface area contributed by atoms with Crippen LogP contribution >= 0.6 is 45.2 Å². The lowest BCUT2D eigenvalue weighted by Gasteiger charge is -2.17. The van der Waals surface area contributed by atoms with Gasteiger partial charge in [-0.2, -0.15) is 0 Å². The Labute approximate surface area is 265 Å². The maximum atomic E-state index is 14.0. The number of amides is 1. The number of ketones is 1. The second-order valence-electron chi connectivity index (χ2n) is 9.35. The molecule has 1 aromatic heterocycles. The van der Waals surface area contributed by atoms with Gasteiger partial charge in [0.25, 0.3) is 5.91 Å². The van der Waals surface area contributed by atoms with Crippen LogP contribution in [0.1, 0.15) is 65.1 Å². The highest BCUT2D eigenvalue weighted by Crippen LogP contribution is 2.35. The number of aliphatic carboxylic acids is 1. The van der Waals surface area contributed by atoms with Crippen molar-refractivity contribution in [3.63, 3.8) is 0 Å². The zero-order valence-electron chi connectivity index (χ0n) is 22.8. The Hall–Kier alpha value is -3.13. The predicted molar refractivity (Wildman–Crippen MR) is 173 cm³/mol. The molecular formula is C31H29I2NO7. The first-order valence-corrected chi connectivity index (χ1v) is 15.3.